The number of nitrogens with zero attached hydrogens (tertiary/aromatic N) is 1. The second kappa shape index (κ2) is 6.64. The molecule has 4 nitrogen and oxygen atoms in total. The zero-order valence-electron chi connectivity index (χ0n) is 11.4. The summed E-state index contributed by atoms with van der Waals surface area (Å²) in [7, 11) is 1.83. The lowest BCUT2D eigenvalue weighted by atomic mass is 9.89. The zero-order chi connectivity index (χ0) is 13.3. The minimum atomic E-state index is -0.0585. The summed E-state index contributed by atoms with van der Waals surface area (Å²) in [5, 5.41) is 7.09. The molecule has 1 aromatic heterocycles. The summed E-state index contributed by atoms with van der Waals surface area (Å²) in [5.74, 6) is 0.428. The molecule has 108 valence electrons. The van der Waals surface area contributed by atoms with E-state index in [9.17, 15) is 4.79 Å². The van der Waals surface area contributed by atoms with Gasteiger partial charge in [0.1, 0.15) is 5.69 Å². The number of amides is 1. The molecule has 0 aliphatic carbocycles. The van der Waals surface area contributed by atoms with Crippen LogP contribution in [0.1, 0.15) is 30.8 Å². The molecule has 0 bridgehead atoms. The summed E-state index contributed by atoms with van der Waals surface area (Å²) in [6, 6.07) is 2.16. The average molecular weight is 306 g/mol. The maximum absolute atomic E-state index is 12.2. The van der Waals surface area contributed by atoms with E-state index in [1.165, 1.54) is 0 Å². The summed E-state index contributed by atoms with van der Waals surface area (Å²) in [4.78, 5) is 12.2. The lowest BCUT2D eigenvalue weighted by Gasteiger charge is -2.36. The lowest BCUT2D eigenvalue weighted by molar-refractivity contribution is 0.0889. The van der Waals surface area contributed by atoms with Crippen LogP contribution in [-0.4, -0.2) is 29.1 Å². The van der Waals surface area contributed by atoms with Crippen molar-refractivity contribution in [2.75, 3.05) is 6.54 Å². The van der Waals surface area contributed by atoms with E-state index in [4.69, 9.17) is 11.6 Å². The molecular formula is C13H21Cl2N3O. The number of hydrogen-bond donors (Lipinski definition) is 2. The second-order valence-electron chi connectivity index (χ2n) is 5.16. The van der Waals surface area contributed by atoms with E-state index in [2.05, 4.69) is 24.5 Å². The molecule has 1 aliphatic rings. The van der Waals surface area contributed by atoms with E-state index >= 15 is 0 Å². The minimum Gasteiger partial charge on any atom is -0.346 e. The molecule has 3 unspecified atom stereocenters. The summed E-state index contributed by atoms with van der Waals surface area (Å²) in [5.41, 5.74) is 0.602. The third-order valence-electron chi connectivity index (χ3n) is 3.72. The standard InChI is InChI=1S/C13H20ClN3O.ClH/c1-8-4-5-15-9(2)12(8)16-13(18)11-6-10(14)7-17(11)3;/h6-9,12,15H,4-5H2,1-3H3,(H,16,18);1H. The first kappa shape index (κ1) is 16.3. The normalized spacial score (nSPS) is 26.6. The minimum absolute atomic E-state index is 0. The van der Waals surface area contributed by atoms with Crippen LogP contribution in [0.4, 0.5) is 0 Å². The summed E-state index contributed by atoms with van der Waals surface area (Å²) in [6.07, 6.45) is 2.83. The smallest absolute Gasteiger partial charge is 0.268 e. The Hall–Kier alpha value is -0.710. The highest BCUT2D eigenvalue weighted by Crippen LogP contribution is 2.18. The molecular weight excluding hydrogens is 285 g/mol. The molecule has 0 saturated carbocycles. The molecule has 0 spiro atoms. The van der Waals surface area contributed by atoms with Gasteiger partial charge in [-0.2, -0.15) is 0 Å². The second-order valence-corrected chi connectivity index (χ2v) is 5.60. The van der Waals surface area contributed by atoms with Gasteiger partial charge in [0.2, 0.25) is 0 Å². The predicted molar refractivity (Wildman–Crippen MR) is 80.2 cm³/mol. The van der Waals surface area contributed by atoms with Gasteiger partial charge in [0.05, 0.1) is 5.02 Å². The Bertz CT molecular complexity index is 437. The first-order valence-corrected chi connectivity index (χ1v) is 6.73. The number of rotatable bonds is 2. The first-order valence-electron chi connectivity index (χ1n) is 6.35. The van der Waals surface area contributed by atoms with Crippen molar-refractivity contribution in [2.45, 2.75) is 32.4 Å². The van der Waals surface area contributed by atoms with Crippen molar-refractivity contribution in [2.24, 2.45) is 13.0 Å². The van der Waals surface area contributed by atoms with E-state index < -0.39 is 0 Å². The number of halogens is 2. The number of hydrogen-bond acceptors (Lipinski definition) is 2. The fourth-order valence-corrected chi connectivity index (χ4v) is 2.83. The van der Waals surface area contributed by atoms with Gasteiger partial charge in [-0.1, -0.05) is 18.5 Å². The third-order valence-corrected chi connectivity index (χ3v) is 3.93. The zero-order valence-corrected chi connectivity index (χ0v) is 13.0. The van der Waals surface area contributed by atoms with Crippen molar-refractivity contribution in [1.29, 1.82) is 0 Å². The van der Waals surface area contributed by atoms with Crippen LogP contribution >= 0.6 is 24.0 Å². The van der Waals surface area contributed by atoms with Crippen molar-refractivity contribution in [3.05, 3.63) is 23.0 Å². The Balaban J connectivity index is 0.00000180. The highest BCUT2D eigenvalue weighted by molar-refractivity contribution is 6.31. The molecule has 3 atom stereocenters. The van der Waals surface area contributed by atoms with Gasteiger partial charge in [0, 0.05) is 25.3 Å². The maximum atomic E-state index is 12.2. The fourth-order valence-electron chi connectivity index (χ4n) is 2.58. The summed E-state index contributed by atoms with van der Waals surface area (Å²) < 4.78 is 1.75. The van der Waals surface area contributed by atoms with Gasteiger partial charge in [-0.25, -0.2) is 0 Å². The molecule has 1 amide bonds. The summed E-state index contributed by atoms with van der Waals surface area (Å²) >= 11 is 5.90. The SMILES string of the molecule is CC1CCNC(C)C1NC(=O)c1cc(Cl)cn1C.Cl. The van der Waals surface area contributed by atoms with Crippen LogP contribution in [0.5, 0.6) is 0 Å². The van der Waals surface area contributed by atoms with Crippen molar-refractivity contribution in [3.63, 3.8) is 0 Å². The van der Waals surface area contributed by atoms with Crippen LogP contribution in [0.25, 0.3) is 0 Å². The molecule has 6 heteroatoms. The van der Waals surface area contributed by atoms with E-state index in [0.717, 1.165) is 13.0 Å². The number of aryl methyl sites for hydroxylation is 1. The maximum Gasteiger partial charge on any atom is 0.268 e. The molecule has 1 aliphatic heterocycles. The van der Waals surface area contributed by atoms with Crippen LogP contribution in [0.3, 0.4) is 0 Å². The van der Waals surface area contributed by atoms with Crippen LogP contribution in [0.15, 0.2) is 12.3 Å². The Morgan fingerprint density at radius 1 is 1.53 bits per heavy atom. The van der Waals surface area contributed by atoms with Gasteiger partial charge in [0.25, 0.3) is 5.91 Å². The highest BCUT2D eigenvalue weighted by atomic mass is 35.5. The highest BCUT2D eigenvalue weighted by Gasteiger charge is 2.29. The predicted octanol–water partition coefficient (Wildman–Crippen LogP) is 2.22. The number of nitrogens with one attached hydrogen (secondary N) is 2. The van der Waals surface area contributed by atoms with E-state index in [-0.39, 0.29) is 24.4 Å². The molecule has 2 rings (SSSR count). The van der Waals surface area contributed by atoms with Crippen molar-refractivity contribution in [1.82, 2.24) is 15.2 Å². The number of piperidine rings is 1. The van der Waals surface area contributed by atoms with Gasteiger partial charge >= 0.3 is 0 Å². The van der Waals surface area contributed by atoms with Crippen LogP contribution in [0, 0.1) is 5.92 Å². The molecule has 19 heavy (non-hydrogen) atoms. The molecule has 0 radical (unpaired) electrons. The molecule has 1 fully saturated rings. The first-order chi connectivity index (χ1) is 8.49. The average Bonchev–Trinajstić information content (AvgIpc) is 2.63. The van der Waals surface area contributed by atoms with Gasteiger partial charge in [0.15, 0.2) is 0 Å². The Morgan fingerprint density at radius 3 is 2.74 bits per heavy atom. The van der Waals surface area contributed by atoms with Crippen molar-refractivity contribution >= 4 is 29.9 Å². The summed E-state index contributed by atoms with van der Waals surface area (Å²) in [6.45, 7) is 5.31. The van der Waals surface area contributed by atoms with Crippen LogP contribution in [-0.2, 0) is 7.05 Å². The van der Waals surface area contributed by atoms with Crippen molar-refractivity contribution < 1.29 is 4.79 Å². The molecule has 1 saturated heterocycles. The molecule has 2 heterocycles. The topological polar surface area (TPSA) is 46.1 Å². The van der Waals surface area contributed by atoms with Crippen LogP contribution in [0.2, 0.25) is 5.02 Å². The number of carbonyl (C=O) groups excluding carboxylic acids is 1. The van der Waals surface area contributed by atoms with Gasteiger partial charge in [-0.3, -0.25) is 4.79 Å². The Kier molecular flexibility index (Phi) is 5.71. The van der Waals surface area contributed by atoms with E-state index in [0.29, 0.717) is 22.7 Å². The Morgan fingerprint density at radius 2 is 2.21 bits per heavy atom. The van der Waals surface area contributed by atoms with E-state index in [1.807, 2.05) is 7.05 Å². The quantitative estimate of drug-likeness (QED) is 0.880. The van der Waals surface area contributed by atoms with Gasteiger partial charge in [-0.05, 0) is 31.9 Å². The van der Waals surface area contributed by atoms with E-state index in [1.54, 1.807) is 16.8 Å². The third kappa shape index (κ3) is 3.65. The van der Waals surface area contributed by atoms with Crippen LogP contribution < -0.4 is 10.6 Å². The monoisotopic (exact) mass is 305 g/mol. The lowest BCUT2D eigenvalue weighted by Crippen LogP contribution is -2.56. The largest absolute Gasteiger partial charge is 0.346 e. The van der Waals surface area contributed by atoms with Crippen molar-refractivity contribution in [3.8, 4) is 0 Å². The van der Waals surface area contributed by atoms with Gasteiger partial charge in [-0.15, -0.1) is 12.4 Å². The Labute approximate surface area is 125 Å². The van der Waals surface area contributed by atoms with Gasteiger partial charge < -0.3 is 15.2 Å². The molecule has 1 aromatic rings. The fraction of sp³-hybridized carbons (Fsp3) is 0.615. The number of aromatic nitrogens is 1. The molecule has 0 aromatic carbocycles. The molecule has 2 N–H and O–H groups in total. The number of carbonyl (C=O) groups is 1.